The van der Waals surface area contributed by atoms with Crippen LogP contribution in [-0.4, -0.2) is 16.2 Å². The predicted molar refractivity (Wildman–Crippen MR) is 80.8 cm³/mol. The van der Waals surface area contributed by atoms with Gasteiger partial charge in [0.1, 0.15) is 0 Å². The Balaban J connectivity index is 1.96. The maximum absolute atomic E-state index is 11.2. The number of thiazole rings is 1. The number of nitro groups is 1. The normalized spacial score (nSPS) is 15.2. The Morgan fingerprint density at radius 3 is 2.76 bits per heavy atom. The van der Waals surface area contributed by atoms with E-state index >= 15 is 0 Å². The summed E-state index contributed by atoms with van der Waals surface area (Å²) in [5, 5.41) is 11.9. The Kier molecular flexibility index (Phi) is 3.79. The molecule has 5 nitrogen and oxygen atoms in total. The van der Waals surface area contributed by atoms with Crippen LogP contribution in [0.1, 0.15) is 47.0 Å². The first-order chi connectivity index (χ1) is 10.2. The van der Waals surface area contributed by atoms with Gasteiger partial charge in [0.2, 0.25) is 0 Å². The summed E-state index contributed by atoms with van der Waals surface area (Å²) in [5.41, 5.74) is 0.990. The van der Waals surface area contributed by atoms with Crippen LogP contribution in [0, 0.1) is 10.1 Å². The Labute approximate surface area is 125 Å². The van der Waals surface area contributed by atoms with E-state index < -0.39 is 4.92 Å². The number of rotatable bonds is 4. The Morgan fingerprint density at radius 1 is 1.33 bits per heavy atom. The first-order valence-corrected chi connectivity index (χ1v) is 7.70. The van der Waals surface area contributed by atoms with Crippen molar-refractivity contribution in [2.45, 2.75) is 31.6 Å². The lowest BCUT2D eigenvalue weighted by atomic mass is 10.1. The molecule has 0 unspecified atom stereocenters. The van der Waals surface area contributed by atoms with Crippen molar-refractivity contribution >= 4 is 23.3 Å². The van der Waals surface area contributed by atoms with E-state index in [-0.39, 0.29) is 5.69 Å². The highest BCUT2D eigenvalue weighted by molar-refractivity contribution is 7.15. The third-order valence-corrected chi connectivity index (χ3v) is 5.06. The van der Waals surface area contributed by atoms with Crippen molar-refractivity contribution in [2.24, 2.45) is 0 Å². The van der Waals surface area contributed by atoms with Crippen LogP contribution < -0.4 is 0 Å². The number of hydrogen-bond donors (Lipinski definition) is 0. The van der Waals surface area contributed by atoms with Crippen LogP contribution in [0.15, 0.2) is 24.4 Å². The maximum atomic E-state index is 11.2. The molecule has 0 atom stereocenters. The molecule has 1 aliphatic rings. The zero-order valence-corrected chi connectivity index (χ0v) is 12.1. The Hall–Kier alpha value is -2.08. The van der Waals surface area contributed by atoms with Crippen LogP contribution in [0.3, 0.4) is 0 Å². The molecule has 1 aromatic heterocycles. The van der Waals surface area contributed by atoms with Crippen molar-refractivity contribution in [3.05, 3.63) is 45.1 Å². The van der Waals surface area contributed by atoms with Crippen LogP contribution in [0.25, 0.3) is 10.4 Å². The molecular formula is C15H14N2O3S. The quantitative estimate of drug-likeness (QED) is 0.482. The summed E-state index contributed by atoms with van der Waals surface area (Å²) in [5.74, 6) is 0.529. The molecule has 0 N–H and O–H groups in total. The Bertz CT molecular complexity index is 690. The van der Waals surface area contributed by atoms with Gasteiger partial charge in [-0.15, -0.1) is 11.3 Å². The summed E-state index contributed by atoms with van der Waals surface area (Å²) < 4.78 is 0. The Morgan fingerprint density at radius 2 is 2.10 bits per heavy atom. The zero-order chi connectivity index (χ0) is 14.8. The van der Waals surface area contributed by atoms with Gasteiger partial charge in [-0.2, -0.15) is 0 Å². The first kappa shape index (κ1) is 13.9. The molecular weight excluding hydrogens is 288 g/mol. The van der Waals surface area contributed by atoms with Crippen molar-refractivity contribution in [1.29, 1.82) is 0 Å². The fourth-order valence-corrected chi connectivity index (χ4v) is 3.89. The number of aromatic nitrogens is 1. The maximum Gasteiger partial charge on any atom is 0.270 e. The smallest absolute Gasteiger partial charge is 0.270 e. The van der Waals surface area contributed by atoms with E-state index in [4.69, 9.17) is 0 Å². The molecule has 1 aromatic carbocycles. The number of aldehydes is 1. The van der Waals surface area contributed by atoms with Gasteiger partial charge in [-0.25, -0.2) is 4.98 Å². The number of carbonyl (C=O) groups is 1. The van der Waals surface area contributed by atoms with Crippen molar-refractivity contribution in [1.82, 2.24) is 4.98 Å². The molecule has 0 spiro atoms. The monoisotopic (exact) mass is 302 g/mol. The molecule has 21 heavy (non-hydrogen) atoms. The lowest BCUT2D eigenvalue weighted by Crippen LogP contribution is -1.92. The highest BCUT2D eigenvalue weighted by atomic mass is 32.1. The van der Waals surface area contributed by atoms with Gasteiger partial charge in [-0.3, -0.25) is 14.9 Å². The standard InChI is InChI=1S/C15H14N2O3S/c18-9-11-7-12(17(19)20)5-6-13(11)14-8-16-15(21-14)10-3-1-2-4-10/h5-10H,1-4H2. The van der Waals surface area contributed by atoms with Crippen LogP contribution in [-0.2, 0) is 0 Å². The van der Waals surface area contributed by atoms with Crippen LogP contribution in [0.4, 0.5) is 5.69 Å². The minimum atomic E-state index is -0.493. The second-order valence-corrected chi connectivity index (χ2v) is 6.25. The summed E-state index contributed by atoms with van der Waals surface area (Å²) in [6.45, 7) is 0. The highest BCUT2D eigenvalue weighted by Gasteiger charge is 2.21. The molecule has 2 aromatic rings. The molecule has 1 heterocycles. The number of nitro benzene ring substituents is 1. The van der Waals surface area contributed by atoms with Gasteiger partial charge >= 0.3 is 0 Å². The number of non-ortho nitro benzene ring substituents is 1. The largest absolute Gasteiger partial charge is 0.298 e. The molecule has 0 amide bonds. The third kappa shape index (κ3) is 2.71. The van der Waals surface area contributed by atoms with Crippen molar-refractivity contribution in [2.75, 3.05) is 0 Å². The van der Waals surface area contributed by atoms with E-state index in [9.17, 15) is 14.9 Å². The average molecular weight is 302 g/mol. The molecule has 0 aliphatic heterocycles. The lowest BCUT2D eigenvalue weighted by molar-refractivity contribution is -0.384. The molecule has 0 saturated heterocycles. The van der Waals surface area contributed by atoms with Gasteiger partial charge in [0, 0.05) is 35.4 Å². The van der Waals surface area contributed by atoms with Crippen molar-refractivity contribution < 1.29 is 9.72 Å². The SMILES string of the molecule is O=Cc1cc([N+](=O)[O-])ccc1-c1cnc(C2CCCC2)s1. The fraction of sp³-hybridized carbons (Fsp3) is 0.333. The average Bonchev–Trinajstić information content (AvgIpc) is 3.17. The number of carbonyl (C=O) groups excluding carboxylic acids is 1. The topological polar surface area (TPSA) is 73.1 Å². The first-order valence-electron chi connectivity index (χ1n) is 6.89. The van der Waals surface area contributed by atoms with E-state index in [0.717, 1.165) is 15.4 Å². The molecule has 1 aliphatic carbocycles. The second kappa shape index (κ2) is 5.73. The molecule has 3 rings (SSSR count). The van der Waals surface area contributed by atoms with Gasteiger partial charge in [0.05, 0.1) is 14.8 Å². The zero-order valence-electron chi connectivity index (χ0n) is 11.3. The summed E-state index contributed by atoms with van der Waals surface area (Å²) in [6, 6.07) is 4.38. The molecule has 0 bridgehead atoms. The van der Waals surface area contributed by atoms with Gasteiger partial charge in [-0.1, -0.05) is 12.8 Å². The van der Waals surface area contributed by atoms with E-state index in [2.05, 4.69) is 4.98 Å². The molecule has 1 fully saturated rings. The summed E-state index contributed by atoms with van der Waals surface area (Å²) in [6.07, 6.45) is 7.28. The molecule has 1 saturated carbocycles. The van der Waals surface area contributed by atoms with E-state index in [1.807, 2.05) is 0 Å². The highest BCUT2D eigenvalue weighted by Crippen LogP contribution is 2.39. The summed E-state index contributed by atoms with van der Waals surface area (Å²) in [4.78, 5) is 26.9. The van der Waals surface area contributed by atoms with Crippen LogP contribution in [0.2, 0.25) is 0 Å². The second-order valence-electron chi connectivity index (χ2n) is 5.19. The van der Waals surface area contributed by atoms with Crippen LogP contribution >= 0.6 is 11.3 Å². The van der Waals surface area contributed by atoms with Gasteiger partial charge in [-0.05, 0) is 18.9 Å². The minimum Gasteiger partial charge on any atom is -0.298 e. The van der Waals surface area contributed by atoms with Crippen LogP contribution in [0.5, 0.6) is 0 Å². The molecule has 0 radical (unpaired) electrons. The molecule has 6 heteroatoms. The van der Waals surface area contributed by atoms with Crippen molar-refractivity contribution in [3.8, 4) is 10.4 Å². The van der Waals surface area contributed by atoms with Crippen molar-refractivity contribution in [3.63, 3.8) is 0 Å². The van der Waals surface area contributed by atoms with Gasteiger partial charge in [0.15, 0.2) is 6.29 Å². The number of hydrogen-bond acceptors (Lipinski definition) is 5. The summed E-state index contributed by atoms with van der Waals surface area (Å²) in [7, 11) is 0. The number of benzene rings is 1. The summed E-state index contributed by atoms with van der Waals surface area (Å²) >= 11 is 1.59. The lowest BCUT2D eigenvalue weighted by Gasteiger charge is -2.03. The van der Waals surface area contributed by atoms with E-state index in [0.29, 0.717) is 17.8 Å². The van der Waals surface area contributed by atoms with E-state index in [1.54, 1.807) is 23.6 Å². The number of nitrogens with zero attached hydrogens (tertiary/aromatic N) is 2. The molecule has 108 valence electrons. The third-order valence-electron chi connectivity index (χ3n) is 3.87. The predicted octanol–water partition coefficient (Wildman–Crippen LogP) is 4.19. The van der Waals surface area contributed by atoms with Gasteiger partial charge in [0.25, 0.3) is 5.69 Å². The fourth-order valence-electron chi connectivity index (χ4n) is 2.76. The van der Waals surface area contributed by atoms with Gasteiger partial charge < -0.3 is 0 Å². The van der Waals surface area contributed by atoms with E-state index in [1.165, 1.54) is 37.8 Å². The minimum absolute atomic E-state index is 0.0682.